The number of carbonyl (C=O) groups is 2. The van der Waals surface area contributed by atoms with Crippen LogP contribution in [0.25, 0.3) is 0 Å². The summed E-state index contributed by atoms with van der Waals surface area (Å²) in [5.74, 6) is 0.0607. The molecule has 2 amide bonds. The molecule has 2 aliphatic rings. The SMILES string of the molecule is COC[C@@H]1CCCN1C[C@H]1O[C@@H](c2ccc(NC(=O)CCCCCNC(C)=O)cc2)O[C@@H](c2ccc(CO)cc2)[C@H]1C. The van der Waals surface area contributed by atoms with Gasteiger partial charge in [-0.3, -0.25) is 14.5 Å². The maximum absolute atomic E-state index is 12.4. The second kappa shape index (κ2) is 16.1. The molecule has 9 heteroatoms. The average molecular weight is 582 g/mol. The van der Waals surface area contributed by atoms with E-state index < -0.39 is 6.29 Å². The lowest BCUT2D eigenvalue weighted by Gasteiger charge is -2.43. The number of benzene rings is 2. The first-order chi connectivity index (χ1) is 20.4. The largest absolute Gasteiger partial charge is 0.392 e. The van der Waals surface area contributed by atoms with E-state index in [4.69, 9.17) is 14.2 Å². The van der Waals surface area contributed by atoms with Crippen LogP contribution >= 0.6 is 0 Å². The quantitative estimate of drug-likeness (QED) is 0.277. The maximum Gasteiger partial charge on any atom is 0.224 e. The summed E-state index contributed by atoms with van der Waals surface area (Å²) in [5.41, 5.74) is 3.57. The van der Waals surface area contributed by atoms with Crippen molar-refractivity contribution in [3.8, 4) is 0 Å². The van der Waals surface area contributed by atoms with E-state index in [-0.39, 0.29) is 36.5 Å². The number of nitrogens with one attached hydrogen (secondary N) is 2. The van der Waals surface area contributed by atoms with E-state index in [1.54, 1.807) is 7.11 Å². The van der Waals surface area contributed by atoms with Crippen molar-refractivity contribution < 1.29 is 28.9 Å². The summed E-state index contributed by atoms with van der Waals surface area (Å²) in [7, 11) is 1.76. The Hall–Kier alpha value is -2.82. The van der Waals surface area contributed by atoms with Gasteiger partial charge in [0, 0.05) is 56.8 Å². The molecule has 2 aromatic rings. The number of likely N-dealkylation sites (tertiary alicyclic amines) is 1. The number of amides is 2. The van der Waals surface area contributed by atoms with Crippen molar-refractivity contribution >= 4 is 17.5 Å². The summed E-state index contributed by atoms with van der Waals surface area (Å²) in [6, 6.07) is 16.1. The first-order valence-electron chi connectivity index (χ1n) is 15.3. The Kier molecular flexibility index (Phi) is 12.3. The highest BCUT2D eigenvalue weighted by Crippen LogP contribution is 2.42. The molecule has 0 aromatic heterocycles. The maximum atomic E-state index is 12.4. The standard InChI is InChI=1S/C33H47N3O6/c1-23-30(20-36-19-7-8-29(36)22-40-3)41-33(42-32(23)26-12-10-25(21-37)11-13-26)27-14-16-28(17-15-27)35-31(39)9-5-4-6-18-34-24(2)38/h10-17,23,29-30,32-33,37H,4-9,18-22H2,1-3H3,(H,34,38)(H,35,39)/t23-,29-,30+,32+,33+/m0/s1. The number of aliphatic hydroxyl groups excluding tert-OH is 1. The molecule has 5 atom stereocenters. The minimum atomic E-state index is -0.550. The summed E-state index contributed by atoms with van der Waals surface area (Å²) in [4.78, 5) is 25.9. The molecule has 2 heterocycles. The normalized spacial score (nSPS) is 24.4. The number of hydrogen-bond acceptors (Lipinski definition) is 7. The average Bonchev–Trinajstić information content (AvgIpc) is 3.43. The van der Waals surface area contributed by atoms with Crippen LogP contribution in [0.5, 0.6) is 0 Å². The molecular weight excluding hydrogens is 534 g/mol. The number of methoxy groups -OCH3 is 1. The summed E-state index contributed by atoms with van der Waals surface area (Å²) in [5, 5.41) is 15.3. The van der Waals surface area contributed by atoms with Crippen molar-refractivity contribution in [2.75, 3.05) is 38.7 Å². The number of hydrogen-bond donors (Lipinski definition) is 3. The molecule has 0 saturated carbocycles. The predicted molar refractivity (Wildman–Crippen MR) is 162 cm³/mol. The van der Waals surface area contributed by atoms with Gasteiger partial charge in [-0.05, 0) is 55.5 Å². The second-order valence-corrected chi connectivity index (χ2v) is 11.5. The van der Waals surface area contributed by atoms with Crippen LogP contribution in [0.4, 0.5) is 5.69 Å². The Morgan fingerprint density at radius 2 is 1.76 bits per heavy atom. The molecule has 0 unspecified atom stereocenters. The highest BCUT2D eigenvalue weighted by Gasteiger charge is 2.40. The fraction of sp³-hybridized carbons (Fsp3) is 0.576. The van der Waals surface area contributed by atoms with Crippen molar-refractivity contribution in [3.05, 3.63) is 65.2 Å². The molecule has 0 aliphatic carbocycles. The Morgan fingerprint density at radius 3 is 2.45 bits per heavy atom. The molecule has 230 valence electrons. The Labute approximate surface area is 249 Å². The van der Waals surface area contributed by atoms with Crippen LogP contribution in [-0.2, 0) is 30.4 Å². The first kappa shape index (κ1) is 32.1. The zero-order valence-corrected chi connectivity index (χ0v) is 25.2. The van der Waals surface area contributed by atoms with Gasteiger partial charge in [0.2, 0.25) is 11.8 Å². The summed E-state index contributed by atoms with van der Waals surface area (Å²) >= 11 is 0. The van der Waals surface area contributed by atoms with Crippen LogP contribution in [0.2, 0.25) is 0 Å². The van der Waals surface area contributed by atoms with Gasteiger partial charge in [0.1, 0.15) is 0 Å². The molecule has 0 bridgehead atoms. The van der Waals surface area contributed by atoms with E-state index in [1.807, 2.05) is 48.5 Å². The number of carbonyl (C=O) groups excluding carboxylic acids is 2. The van der Waals surface area contributed by atoms with Crippen molar-refractivity contribution in [1.82, 2.24) is 10.2 Å². The summed E-state index contributed by atoms with van der Waals surface area (Å²) in [6.07, 6.45) is 4.48. The Morgan fingerprint density at radius 1 is 1.02 bits per heavy atom. The minimum absolute atomic E-state index is 0.00700. The van der Waals surface area contributed by atoms with E-state index >= 15 is 0 Å². The molecule has 9 nitrogen and oxygen atoms in total. The van der Waals surface area contributed by atoms with Gasteiger partial charge in [0.15, 0.2) is 6.29 Å². The molecule has 2 aliphatic heterocycles. The number of unbranched alkanes of at least 4 members (excludes halogenated alkanes) is 2. The smallest absolute Gasteiger partial charge is 0.224 e. The van der Waals surface area contributed by atoms with Crippen LogP contribution < -0.4 is 10.6 Å². The predicted octanol–water partition coefficient (Wildman–Crippen LogP) is 4.72. The molecule has 2 fully saturated rings. The van der Waals surface area contributed by atoms with Crippen LogP contribution in [0, 0.1) is 5.92 Å². The number of nitrogens with zero attached hydrogens (tertiary/aromatic N) is 1. The number of ether oxygens (including phenoxy) is 3. The first-order valence-corrected chi connectivity index (χ1v) is 15.3. The van der Waals surface area contributed by atoms with Gasteiger partial charge in [0.05, 0.1) is 25.4 Å². The molecular formula is C33H47N3O6. The van der Waals surface area contributed by atoms with E-state index in [2.05, 4.69) is 22.5 Å². The highest BCUT2D eigenvalue weighted by atomic mass is 16.7. The third kappa shape index (κ3) is 9.09. The summed E-state index contributed by atoms with van der Waals surface area (Å²) in [6.45, 7) is 6.90. The van der Waals surface area contributed by atoms with Gasteiger partial charge in [-0.15, -0.1) is 0 Å². The second-order valence-electron chi connectivity index (χ2n) is 11.5. The lowest BCUT2D eigenvalue weighted by molar-refractivity contribution is -0.276. The van der Waals surface area contributed by atoms with Crippen LogP contribution in [-0.4, -0.2) is 67.3 Å². The zero-order valence-electron chi connectivity index (χ0n) is 25.2. The molecule has 4 rings (SSSR count). The van der Waals surface area contributed by atoms with Gasteiger partial charge in [-0.1, -0.05) is 49.7 Å². The minimum Gasteiger partial charge on any atom is -0.392 e. The molecule has 2 saturated heterocycles. The third-order valence-electron chi connectivity index (χ3n) is 8.32. The Balaban J connectivity index is 1.40. The van der Waals surface area contributed by atoms with Crippen molar-refractivity contribution in [1.29, 1.82) is 0 Å². The number of rotatable bonds is 14. The Bertz CT molecular complexity index is 1130. The third-order valence-corrected chi connectivity index (χ3v) is 8.32. The molecule has 3 N–H and O–H groups in total. The van der Waals surface area contributed by atoms with Gasteiger partial charge >= 0.3 is 0 Å². The fourth-order valence-corrected chi connectivity index (χ4v) is 5.87. The van der Waals surface area contributed by atoms with Crippen LogP contribution in [0.1, 0.15) is 81.5 Å². The van der Waals surface area contributed by atoms with Gasteiger partial charge in [0.25, 0.3) is 0 Å². The molecule has 2 aromatic carbocycles. The van der Waals surface area contributed by atoms with Crippen LogP contribution in [0.15, 0.2) is 48.5 Å². The molecule has 0 spiro atoms. The monoisotopic (exact) mass is 581 g/mol. The number of aliphatic hydroxyl groups is 1. The van der Waals surface area contributed by atoms with E-state index in [9.17, 15) is 14.7 Å². The van der Waals surface area contributed by atoms with Crippen molar-refractivity contribution in [2.45, 2.75) is 83.5 Å². The summed E-state index contributed by atoms with van der Waals surface area (Å²) < 4.78 is 18.7. The topological polar surface area (TPSA) is 109 Å². The van der Waals surface area contributed by atoms with Crippen molar-refractivity contribution in [2.24, 2.45) is 5.92 Å². The van der Waals surface area contributed by atoms with Gasteiger partial charge in [-0.25, -0.2) is 0 Å². The van der Waals surface area contributed by atoms with E-state index in [1.165, 1.54) is 6.92 Å². The van der Waals surface area contributed by atoms with E-state index in [0.717, 1.165) is 74.2 Å². The fourth-order valence-electron chi connectivity index (χ4n) is 5.87. The molecule has 0 radical (unpaired) electrons. The lowest BCUT2D eigenvalue weighted by Crippen LogP contribution is -2.46. The van der Waals surface area contributed by atoms with Crippen molar-refractivity contribution in [3.63, 3.8) is 0 Å². The van der Waals surface area contributed by atoms with Gasteiger partial charge in [-0.2, -0.15) is 0 Å². The molecule has 42 heavy (non-hydrogen) atoms. The zero-order chi connectivity index (χ0) is 29.9. The number of anilines is 1. The van der Waals surface area contributed by atoms with Gasteiger partial charge < -0.3 is 30.0 Å². The van der Waals surface area contributed by atoms with E-state index in [0.29, 0.717) is 19.0 Å². The highest BCUT2D eigenvalue weighted by molar-refractivity contribution is 5.90. The van der Waals surface area contributed by atoms with Crippen LogP contribution in [0.3, 0.4) is 0 Å². The lowest BCUT2D eigenvalue weighted by atomic mass is 9.90.